The maximum absolute atomic E-state index is 12.2. The van der Waals surface area contributed by atoms with Crippen LogP contribution in [0, 0.1) is 0 Å². The van der Waals surface area contributed by atoms with Crippen LogP contribution in [-0.4, -0.2) is 35.3 Å². The van der Waals surface area contributed by atoms with Crippen LogP contribution in [0.15, 0.2) is 24.3 Å². The lowest BCUT2D eigenvalue weighted by molar-refractivity contribution is -0.123. The van der Waals surface area contributed by atoms with Gasteiger partial charge in [-0.3, -0.25) is 9.59 Å². The molecular weight excluding hydrogens is 266 g/mol. The smallest absolute Gasteiger partial charge is 0.253 e. The molecule has 112 valence electrons. The molecule has 1 aromatic carbocycles. The molecular formula is C16H21N3O2. The molecule has 0 spiro atoms. The predicted octanol–water partition coefficient (Wildman–Crippen LogP) is 1.74. The lowest BCUT2D eigenvalue weighted by atomic mass is 9.77. The van der Waals surface area contributed by atoms with E-state index in [1.807, 2.05) is 4.90 Å². The van der Waals surface area contributed by atoms with E-state index in [4.69, 9.17) is 5.73 Å². The molecule has 3 N–H and O–H groups in total. The van der Waals surface area contributed by atoms with Gasteiger partial charge in [0.2, 0.25) is 5.91 Å². The molecule has 1 heterocycles. The molecule has 0 radical (unpaired) electrons. The molecule has 0 unspecified atom stereocenters. The maximum Gasteiger partial charge on any atom is 0.253 e. The summed E-state index contributed by atoms with van der Waals surface area (Å²) >= 11 is 0. The first-order chi connectivity index (χ1) is 10.1. The number of benzene rings is 1. The van der Waals surface area contributed by atoms with Gasteiger partial charge in [-0.05, 0) is 56.4 Å². The third kappa shape index (κ3) is 2.78. The number of carbonyl (C=O) groups is 2. The van der Waals surface area contributed by atoms with Gasteiger partial charge in [-0.2, -0.15) is 0 Å². The van der Waals surface area contributed by atoms with Gasteiger partial charge in [0.1, 0.15) is 0 Å². The second-order valence-corrected chi connectivity index (χ2v) is 6.04. The highest BCUT2D eigenvalue weighted by Crippen LogP contribution is 2.30. The Morgan fingerprint density at radius 1 is 1.05 bits per heavy atom. The van der Waals surface area contributed by atoms with E-state index >= 15 is 0 Å². The highest BCUT2D eigenvalue weighted by Gasteiger charge is 2.40. The average molecular weight is 287 g/mol. The topological polar surface area (TPSA) is 75.4 Å². The SMILES string of the molecule is NC1(C(=O)Nc2ccc(C(=O)N3CCCC3)cc2)CCC1. The average Bonchev–Trinajstić information content (AvgIpc) is 2.99. The predicted molar refractivity (Wildman–Crippen MR) is 81.0 cm³/mol. The summed E-state index contributed by atoms with van der Waals surface area (Å²) in [5.74, 6) is -0.0629. The molecule has 5 nitrogen and oxygen atoms in total. The van der Waals surface area contributed by atoms with Crippen LogP contribution in [0.1, 0.15) is 42.5 Å². The number of amides is 2. The zero-order chi connectivity index (χ0) is 14.9. The molecule has 1 aliphatic heterocycles. The number of hydrogen-bond acceptors (Lipinski definition) is 3. The molecule has 21 heavy (non-hydrogen) atoms. The largest absolute Gasteiger partial charge is 0.339 e. The minimum Gasteiger partial charge on any atom is -0.339 e. The summed E-state index contributed by atoms with van der Waals surface area (Å²) in [5.41, 5.74) is 6.64. The second kappa shape index (κ2) is 5.48. The fourth-order valence-electron chi connectivity index (χ4n) is 2.84. The minimum atomic E-state index is -0.704. The van der Waals surface area contributed by atoms with Crippen LogP contribution in [0.2, 0.25) is 0 Å². The van der Waals surface area contributed by atoms with E-state index in [0.29, 0.717) is 11.3 Å². The third-order valence-corrected chi connectivity index (χ3v) is 4.48. The van der Waals surface area contributed by atoms with Crippen molar-refractivity contribution in [3.63, 3.8) is 0 Å². The molecule has 2 fully saturated rings. The van der Waals surface area contributed by atoms with E-state index in [2.05, 4.69) is 5.32 Å². The molecule has 5 heteroatoms. The number of anilines is 1. The zero-order valence-electron chi connectivity index (χ0n) is 12.1. The Morgan fingerprint density at radius 3 is 2.19 bits per heavy atom. The summed E-state index contributed by atoms with van der Waals surface area (Å²) in [6.45, 7) is 1.68. The van der Waals surface area contributed by atoms with Crippen LogP contribution in [0.3, 0.4) is 0 Å². The number of nitrogens with zero attached hydrogens (tertiary/aromatic N) is 1. The van der Waals surface area contributed by atoms with Crippen molar-refractivity contribution < 1.29 is 9.59 Å². The van der Waals surface area contributed by atoms with Crippen molar-refractivity contribution >= 4 is 17.5 Å². The molecule has 0 bridgehead atoms. The van der Waals surface area contributed by atoms with Crippen LogP contribution in [0.25, 0.3) is 0 Å². The molecule has 1 aromatic rings. The third-order valence-electron chi connectivity index (χ3n) is 4.48. The number of hydrogen-bond donors (Lipinski definition) is 2. The first kappa shape index (κ1) is 14.1. The summed E-state index contributed by atoms with van der Waals surface area (Å²) in [5, 5.41) is 2.83. The van der Waals surface area contributed by atoms with Gasteiger partial charge in [-0.15, -0.1) is 0 Å². The Hall–Kier alpha value is -1.88. The van der Waals surface area contributed by atoms with Crippen molar-refractivity contribution in [3.05, 3.63) is 29.8 Å². The van der Waals surface area contributed by atoms with Crippen LogP contribution in [0.4, 0.5) is 5.69 Å². The van der Waals surface area contributed by atoms with E-state index in [0.717, 1.165) is 45.2 Å². The summed E-state index contributed by atoms with van der Waals surface area (Å²) < 4.78 is 0. The molecule has 2 amide bonds. The van der Waals surface area contributed by atoms with Crippen LogP contribution in [0.5, 0.6) is 0 Å². The highest BCUT2D eigenvalue weighted by atomic mass is 16.2. The Labute approximate surface area is 124 Å². The molecule has 1 saturated heterocycles. The molecule has 1 saturated carbocycles. The molecule has 2 aliphatic rings. The standard InChI is InChI=1S/C16H21N3O2/c17-16(8-3-9-16)15(21)18-13-6-4-12(5-7-13)14(20)19-10-1-2-11-19/h4-7H,1-3,8-11,17H2,(H,18,21). The lowest BCUT2D eigenvalue weighted by Crippen LogP contribution is -2.56. The van der Waals surface area contributed by atoms with Gasteiger partial charge in [-0.1, -0.05) is 0 Å². The first-order valence-electron chi connectivity index (χ1n) is 7.58. The van der Waals surface area contributed by atoms with Gasteiger partial charge >= 0.3 is 0 Å². The number of likely N-dealkylation sites (tertiary alicyclic amines) is 1. The number of nitrogens with one attached hydrogen (secondary N) is 1. The van der Waals surface area contributed by atoms with E-state index in [-0.39, 0.29) is 11.8 Å². The second-order valence-electron chi connectivity index (χ2n) is 6.04. The number of rotatable bonds is 3. The van der Waals surface area contributed by atoms with Crippen LogP contribution in [-0.2, 0) is 4.79 Å². The van der Waals surface area contributed by atoms with Gasteiger partial charge in [0.15, 0.2) is 0 Å². The summed E-state index contributed by atoms with van der Waals surface area (Å²) in [7, 11) is 0. The Bertz CT molecular complexity index is 543. The fourth-order valence-corrected chi connectivity index (χ4v) is 2.84. The monoisotopic (exact) mass is 287 g/mol. The van der Waals surface area contributed by atoms with Crippen LogP contribution >= 0.6 is 0 Å². The highest BCUT2D eigenvalue weighted by molar-refractivity contribution is 5.99. The van der Waals surface area contributed by atoms with E-state index < -0.39 is 5.54 Å². The fraction of sp³-hybridized carbons (Fsp3) is 0.500. The Morgan fingerprint density at radius 2 is 1.67 bits per heavy atom. The van der Waals surface area contributed by atoms with Crippen LogP contribution < -0.4 is 11.1 Å². The van der Waals surface area contributed by atoms with Gasteiger partial charge in [0.25, 0.3) is 5.91 Å². The van der Waals surface area contributed by atoms with E-state index in [1.54, 1.807) is 24.3 Å². The molecule has 0 aromatic heterocycles. The number of nitrogens with two attached hydrogens (primary N) is 1. The Kier molecular flexibility index (Phi) is 3.68. The van der Waals surface area contributed by atoms with Gasteiger partial charge < -0.3 is 16.0 Å². The van der Waals surface area contributed by atoms with Crippen molar-refractivity contribution in [2.24, 2.45) is 5.73 Å². The number of carbonyl (C=O) groups excluding carboxylic acids is 2. The van der Waals surface area contributed by atoms with Gasteiger partial charge in [0.05, 0.1) is 5.54 Å². The molecule has 3 rings (SSSR count). The first-order valence-corrected chi connectivity index (χ1v) is 7.58. The van der Waals surface area contributed by atoms with Crippen molar-refractivity contribution in [2.75, 3.05) is 18.4 Å². The summed E-state index contributed by atoms with van der Waals surface area (Å²) in [6, 6.07) is 7.06. The Balaban J connectivity index is 1.63. The van der Waals surface area contributed by atoms with Crippen molar-refractivity contribution in [1.82, 2.24) is 4.90 Å². The normalized spacial score (nSPS) is 20.0. The summed E-state index contributed by atoms with van der Waals surface area (Å²) in [4.78, 5) is 26.1. The van der Waals surface area contributed by atoms with Crippen molar-refractivity contribution in [2.45, 2.75) is 37.6 Å². The zero-order valence-corrected chi connectivity index (χ0v) is 12.1. The van der Waals surface area contributed by atoms with Crippen molar-refractivity contribution in [1.29, 1.82) is 0 Å². The van der Waals surface area contributed by atoms with Gasteiger partial charge in [0, 0.05) is 24.3 Å². The van der Waals surface area contributed by atoms with Crippen molar-refractivity contribution in [3.8, 4) is 0 Å². The van der Waals surface area contributed by atoms with Gasteiger partial charge in [-0.25, -0.2) is 0 Å². The van der Waals surface area contributed by atoms with E-state index in [1.165, 1.54) is 0 Å². The van der Waals surface area contributed by atoms with E-state index in [9.17, 15) is 9.59 Å². The lowest BCUT2D eigenvalue weighted by Gasteiger charge is -2.36. The summed E-state index contributed by atoms with van der Waals surface area (Å²) in [6.07, 6.45) is 4.65. The maximum atomic E-state index is 12.2. The molecule has 0 atom stereocenters. The minimum absolute atomic E-state index is 0.0691. The quantitative estimate of drug-likeness (QED) is 0.889. The molecule has 1 aliphatic carbocycles.